The van der Waals surface area contributed by atoms with Crippen molar-refractivity contribution in [1.29, 1.82) is 0 Å². The molecule has 65 heavy (non-hydrogen) atoms. The lowest BCUT2D eigenvalue weighted by Gasteiger charge is -2.43. The molecule has 0 atom stereocenters. The molecule has 3 heteroatoms. The summed E-state index contributed by atoms with van der Waals surface area (Å²) in [5, 5.41) is 10.6. The number of nitrogens with zero attached hydrogens (tertiary/aromatic N) is 2. The molecule has 2 heterocycles. The lowest BCUT2D eigenvalue weighted by Crippen LogP contribution is -2.75. The minimum absolute atomic E-state index is 0.0829. The molecule has 0 N–H and O–H groups in total. The van der Waals surface area contributed by atoms with E-state index >= 15 is 0 Å². The zero-order valence-electron chi connectivity index (χ0n) is 37.6. The molecule has 2 nitrogen and oxygen atoms in total. The van der Waals surface area contributed by atoms with Crippen molar-refractivity contribution >= 4 is 72.4 Å². The van der Waals surface area contributed by atoms with E-state index in [1.165, 1.54) is 111 Å². The number of hydrogen-bond acceptors (Lipinski definition) is 0. The predicted molar refractivity (Wildman–Crippen MR) is 279 cm³/mol. The van der Waals surface area contributed by atoms with Crippen molar-refractivity contribution in [3.63, 3.8) is 0 Å². The third-order valence-corrected chi connectivity index (χ3v) is 19.7. The van der Waals surface area contributed by atoms with E-state index in [1.807, 2.05) is 0 Å². The van der Waals surface area contributed by atoms with E-state index in [9.17, 15) is 0 Å². The van der Waals surface area contributed by atoms with E-state index in [2.05, 4.69) is 255 Å². The number of fused-ring (bicyclic) bond motifs is 7. The number of aromatic nitrogens is 2. The second-order valence-corrected chi connectivity index (χ2v) is 23.4. The summed E-state index contributed by atoms with van der Waals surface area (Å²) >= 11 is 0. The molecule has 0 saturated heterocycles. The average Bonchev–Trinajstić information content (AvgIpc) is 3.86. The highest BCUT2D eigenvalue weighted by atomic mass is 28.3. The van der Waals surface area contributed by atoms with Crippen LogP contribution in [0.15, 0.2) is 218 Å². The first-order chi connectivity index (χ1) is 31.7. The van der Waals surface area contributed by atoms with Crippen molar-refractivity contribution in [1.82, 2.24) is 9.13 Å². The number of hydrogen-bond donors (Lipinski definition) is 0. The lowest BCUT2D eigenvalue weighted by molar-refractivity contribution is 0.332. The van der Waals surface area contributed by atoms with Crippen LogP contribution < -0.4 is 20.7 Å². The molecule has 0 bridgehead atoms. The molecule has 314 valence electrons. The van der Waals surface area contributed by atoms with Crippen molar-refractivity contribution in [2.75, 3.05) is 0 Å². The van der Waals surface area contributed by atoms with Gasteiger partial charge in [0.25, 0.3) is 0 Å². The van der Waals surface area contributed by atoms with E-state index in [4.69, 9.17) is 0 Å². The first-order valence-corrected chi connectivity index (χ1v) is 25.2. The third kappa shape index (κ3) is 6.13. The SMILES string of the molecule is CC1(C)CCC(C)(C)c2cc([Si](c3ccccc3)(c3ccccc3)c3cccc(-n4c5ccccc5c5ccc(-c6ccc7c8ccccc8n(-c8ccccc8)c7c6)cc54)c3)ccc21. The Labute approximate surface area is 383 Å². The van der Waals surface area contributed by atoms with Crippen LogP contribution in [0.4, 0.5) is 0 Å². The highest BCUT2D eigenvalue weighted by Crippen LogP contribution is 2.45. The maximum atomic E-state index is 2.63. The van der Waals surface area contributed by atoms with Crippen LogP contribution in [0.2, 0.25) is 0 Å². The molecular formula is C62H52N2Si. The Morgan fingerprint density at radius 1 is 0.323 bits per heavy atom. The minimum atomic E-state index is -2.90. The van der Waals surface area contributed by atoms with Crippen molar-refractivity contribution in [2.45, 2.75) is 51.4 Å². The van der Waals surface area contributed by atoms with E-state index in [-0.39, 0.29) is 10.8 Å². The van der Waals surface area contributed by atoms with Crippen LogP contribution in [0.5, 0.6) is 0 Å². The van der Waals surface area contributed by atoms with Gasteiger partial charge in [0.2, 0.25) is 0 Å². The first-order valence-electron chi connectivity index (χ1n) is 23.2. The maximum Gasteiger partial charge on any atom is 0.179 e. The highest BCUT2D eigenvalue weighted by Gasteiger charge is 2.44. The zero-order chi connectivity index (χ0) is 43.9. The van der Waals surface area contributed by atoms with Gasteiger partial charge in [0.1, 0.15) is 0 Å². The zero-order valence-corrected chi connectivity index (χ0v) is 38.6. The van der Waals surface area contributed by atoms with Crippen molar-refractivity contribution in [3.8, 4) is 22.5 Å². The second-order valence-electron chi connectivity index (χ2n) is 19.6. The van der Waals surface area contributed by atoms with Gasteiger partial charge >= 0.3 is 0 Å². The minimum Gasteiger partial charge on any atom is -0.309 e. The molecule has 0 radical (unpaired) electrons. The molecule has 9 aromatic carbocycles. The molecule has 0 saturated carbocycles. The summed E-state index contributed by atoms with van der Waals surface area (Å²) in [6, 6.07) is 82.6. The normalized spacial score (nSPS) is 14.6. The maximum absolute atomic E-state index is 2.90. The van der Waals surface area contributed by atoms with E-state index in [0.717, 1.165) is 0 Å². The van der Waals surface area contributed by atoms with Gasteiger partial charge in [-0.1, -0.05) is 198 Å². The monoisotopic (exact) mass is 852 g/mol. The van der Waals surface area contributed by atoms with E-state index < -0.39 is 8.07 Å². The van der Waals surface area contributed by atoms with Crippen molar-refractivity contribution in [2.24, 2.45) is 0 Å². The summed E-state index contributed by atoms with van der Waals surface area (Å²) in [6.07, 6.45) is 2.37. The Morgan fingerprint density at radius 2 is 0.754 bits per heavy atom. The van der Waals surface area contributed by atoms with Gasteiger partial charge in [-0.05, 0) is 115 Å². The predicted octanol–water partition coefficient (Wildman–Crippen LogP) is 13.3. The summed E-state index contributed by atoms with van der Waals surface area (Å²) in [5.74, 6) is 0. The quantitative estimate of drug-likeness (QED) is 0.112. The summed E-state index contributed by atoms with van der Waals surface area (Å²) < 4.78 is 4.93. The Bertz CT molecular complexity index is 3550. The second kappa shape index (κ2) is 14.9. The van der Waals surface area contributed by atoms with Crippen molar-refractivity contribution < 1.29 is 0 Å². The molecule has 0 amide bonds. The number of benzene rings is 9. The van der Waals surface area contributed by atoms with Gasteiger partial charge in [-0.25, -0.2) is 0 Å². The Balaban J connectivity index is 1.09. The standard InChI is InChI=1S/C62H52N2Si/c1-61(2)37-38-62(3,4)56-42-50(33-36-55(56)61)65(47-22-10-6-11-23-47,48-24-12-7-13-25-48)49-26-18-21-46(41-49)64-58-30-17-15-28-52(58)54-35-32-44(40-60(54)64)43-31-34-53-51-27-14-16-29-57(51)63(59(53)39-43)45-19-8-5-9-20-45/h5-36,39-42H,37-38H2,1-4H3. The molecule has 2 aromatic heterocycles. The van der Waals surface area contributed by atoms with Gasteiger partial charge in [-0.3, -0.25) is 0 Å². The van der Waals surface area contributed by atoms with Gasteiger partial charge in [-0.15, -0.1) is 0 Å². The third-order valence-electron chi connectivity index (χ3n) is 14.9. The van der Waals surface area contributed by atoms with E-state index in [0.29, 0.717) is 0 Å². The first kappa shape index (κ1) is 39.4. The average molecular weight is 853 g/mol. The molecule has 0 spiro atoms. The van der Waals surface area contributed by atoms with Gasteiger partial charge in [-0.2, -0.15) is 0 Å². The van der Waals surface area contributed by atoms with Gasteiger partial charge in [0.05, 0.1) is 22.1 Å². The van der Waals surface area contributed by atoms with Crippen molar-refractivity contribution in [3.05, 3.63) is 230 Å². The van der Waals surface area contributed by atoms with Crippen LogP contribution in [0.25, 0.3) is 66.1 Å². The Hall–Kier alpha value is -7.20. The molecule has 1 aliphatic carbocycles. The fraction of sp³-hybridized carbons (Fsp3) is 0.129. The molecule has 0 fully saturated rings. The van der Waals surface area contributed by atoms with Crippen LogP contribution >= 0.6 is 0 Å². The highest BCUT2D eigenvalue weighted by molar-refractivity contribution is 7.20. The van der Waals surface area contributed by atoms with Gasteiger partial charge in [0, 0.05) is 32.9 Å². The molecule has 0 aliphatic heterocycles. The molecule has 0 unspecified atom stereocenters. The fourth-order valence-electron chi connectivity index (χ4n) is 11.5. The summed E-state index contributed by atoms with van der Waals surface area (Å²) in [5.41, 5.74) is 12.8. The van der Waals surface area contributed by atoms with Gasteiger partial charge < -0.3 is 9.13 Å². The largest absolute Gasteiger partial charge is 0.309 e. The number of para-hydroxylation sites is 3. The summed E-state index contributed by atoms with van der Waals surface area (Å²) in [6.45, 7) is 9.78. The van der Waals surface area contributed by atoms with Crippen LogP contribution in [-0.4, -0.2) is 17.2 Å². The number of rotatable bonds is 7. The van der Waals surface area contributed by atoms with Crippen LogP contribution in [0.1, 0.15) is 51.7 Å². The fourth-order valence-corrected chi connectivity index (χ4v) is 16.3. The summed E-state index contributed by atoms with van der Waals surface area (Å²) in [4.78, 5) is 0. The van der Waals surface area contributed by atoms with Crippen LogP contribution in [0.3, 0.4) is 0 Å². The Morgan fingerprint density at radius 3 is 1.32 bits per heavy atom. The lowest BCUT2D eigenvalue weighted by atomic mass is 9.63. The Kier molecular flexibility index (Phi) is 9.05. The van der Waals surface area contributed by atoms with Crippen LogP contribution in [0, 0.1) is 0 Å². The molecule has 1 aliphatic rings. The molecule has 11 aromatic rings. The van der Waals surface area contributed by atoms with Crippen LogP contribution in [-0.2, 0) is 10.8 Å². The summed E-state index contributed by atoms with van der Waals surface area (Å²) in [7, 11) is -2.90. The smallest absolute Gasteiger partial charge is 0.179 e. The molecular weight excluding hydrogens is 801 g/mol. The van der Waals surface area contributed by atoms with E-state index in [1.54, 1.807) is 0 Å². The topological polar surface area (TPSA) is 9.86 Å². The van der Waals surface area contributed by atoms with Gasteiger partial charge in [0.15, 0.2) is 8.07 Å². The molecule has 12 rings (SSSR count).